The van der Waals surface area contributed by atoms with Crippen LogP contribution in [0.4, 0.5) is 8.78 Å². The number of para-hydroxylation sites is 1. The van der Waals surface area contributed by atoms with E-state index in [2.05, 4.69) is 10.3 Å². The first-order chi connectivity index (χ1) is 10.1. The lowest BCUT2D eigenvalue weighted by molar-refractivity contribution is 0.395. The quantitative estimate of drug-likeness (QED) is 0.774. The number of nitrogens with zero attached hydrogens (tertiary/aromatic N) is 1. The Morgan fingerprint density at radius 1 is 1.10 bits per heavy atom. The summed E-state index contributed by atoms with van der Waals surface area (Å²) in [5.41, 5.74) is 1.38. The van der Waals surface area contributed by atoms with Gasteiger partial charge in [-0.25, -0.2) is 13.8 Å². The van der Waals surface area contributed by atoms with Gasteiger partial charge in [-0.15, -0.1) is 11.3 Å². The van der Waals surface area contributed by atoms with Crippen LogP contribution < -0.4 is 5.32 Å². The number of benzene rings is 2. The van der Waals surface area contributed by atoms with Gasteiger partial charge < -0.3 is 10.4 Å². The van der Waals surface area contributed by atoms with Crippen molar-refractivity contribution in [1.82, 2.24) is 10.3 Å². The number of rotatable bonds is 4. The van der Waals surface area contributed by atoms with Gasteiger partial charge in [-0.05, 0) is 29.8 Å². The Kier molecular flexibility index (Phi) is 3.81. The number of hydrogen-bond donors (Lipinski definition) is 2. The van der Waals surface area contributed by atoms with Crippen LogP contribution in [-0.2, 0) is 13.1 Å². The van der Waals surface area contributed by atoms with Crippen LogP contribution in [0.2, 0.25) is 0 Å². The highest BCUT2D eigenvalue weighted by Crippen LogP contribution is 2.23. The normalized spacial score (nSPS) is 11.1. The molecule has 21 heavy (non-hydrogen) atoms. The molecule has 2 N–H and O–H groups in total. The van der Waals surface area contributed by atoms with E-state index in [9.17, 15) is 8.78 Å². The average molecular weight is 306 g/mol. The molecule has 1 aromatic heterocycles. The molecule has 0 amide bonds. The van der Waals surface area contributed by atoms with Crippen LogP contribution in [0, 0.1) is 11.6 Å². The lowest BCUT2D eigenvalue weighted by Crippen LogP contribution is -2.12. The number of nitrogens with one attached hydrogen (secondary N) is 1. The molecule has 0 unspecified atom stereocenters. The Morgan fingerprint density at radius 3 is 2.52 bits per heavy atom. The van der Waals surface area contributed by atoms with Crippen molar-refractivity contribution in [3.05, 3.63) is 58.6 Å². The maximum atomic E-state index is 13.2. The maximum absolute atomic E-state index is 13.2. The van der Waals surface area contributed by atoms with Gasteiger partial charge in [0, 0.05) is 13.1 Å². The number of halogens is 2. The molecule has 0 atom stereocenters. The Bertz CT molecular complexity index is 732. The summed E-state index contributed by atoms with van der Waals surface area (Å²) in [5.74, 6) is -2.84. The second kappa shape index (κ2) is 5.75. The van der Waals surface area contributed by atoms with Gasteiger partial charge in [0.15, 0.2) is 17.4 Å². The van der Waals surface area contributed by atoms with Crippen molar-refractivity contribution in [2.45, 2.75) is 13.1 Å². The van der Waals surface area contributed by atoms with E-state index >= 15 is 0 Å². The molecule has 3 aromatic rings. The van der Waals surface area contributed by atoms with E-state index in [0.717, 1.165) is 27.4 Å². The second-order valence-electron chi connectivity index (χ2n) is 4.59. The lowest BCUT2D eigenvalue weighted by Gasteiger charge is -2.05. The first-order valence-electron chi connectivity index (χ1n) is 6.35. The summed E-state index contributed by atoms with van der Waals surface area (Å²) in [6.07, 6.45) is 0. The molecule has 1 heterocycles. The van der Waals surface area contributed by atoms with E-state index in [1.54, 1.807) is 11.3 Å². The number of hydrogen-bond acceptors (Lipinski definition) is 4. The fourth-order valence-electron chi connectivity index (χ4n) is 2.03. The van der Waals surface area contributed by atoms with E-state index in [0.29, 0.717) is 18.7 Å². The van der Waals surface area contributed by atoms with Crippen LogP contribution in [-0.4, -0.2) is 10.1 Å². The maximum Gasteiger partial charge on any atom is 0.187 e. The summed E-state index contributed by atoms with van der Waals surface area (Å²) >= 11 is 1.58. The molecule has 0 saturated heterocycles. The van der Waals surface area contributed by atoms with Gasteiger partial charge in [-0.1, -0.05) is 12.1 Å². The fourth-order valence-corrected chi connectivity index (χ4v) is 2.97. The molecule has 0 spiro atoms. The van der Waals surface area contributed by atoms with E-state index in [4.69, 9.17) is 5.11 Å². The summed E-state index contributed by atoms with van der Waals surface area (Å²) in [7, 11) is 0. The third kappa shape index (κ3) is 3.01. The van der Waals surface area contributed by atoms with Gasteiger partial charge in [0.05, 0.1) is 10.2 Å². The van der Waals surface area contributed by atoms with E-state index in [1.807, 2.05) is 24.3 Å². The summed E-state index contributed by atoms with van der Waals surface area (Å²) in [6.45, 7) is 0.813. The Morgan fingerprint density at radius 2 is 1.81 bits per heavy atom. The summed E-state index contributed by atoms with van der Waals surface area (Å²) in [4.78, 5) is 4.46. The monoisotopic (exact) mass is 306 g/mol. The van der Waals surface area contributed by atoms with Crippen LogP contribution in [0.25, 0.3) is 10.2 Å². The standard InChI is InChI=1S/C15H12F2N2OS/c16-10-5-9(6-11(17)15(10)20)7-18-8-14-19-12-3-1-2-4-13(12)21-14/h1-6,18,20H,7-8H2. The third-order valence-corrected chi connectivity index (χ3v) is 4.06. The van der Waals surface area contributed by atoms with Crippen molar-refractivity contribution >= 4 is 21.6 Å². The highest BCUT2D eigenvalue weighted by atomic mass is 32.1. The molecule has 108 valence electrons. The number of fused-ring (bicyclic) bond motifs is 1. The SMILES string of the molecule is Oc1c(F)cc(CNCc2nc3ccccc3s2)cc1F. The van der Waals surface area contributed by atoms with E-state index in [-0.39, 0.29) is 0 Å². The Hall–Kier alpha value is -2.05. The van der Waals surface area contributed by atoms with Crippen molar-refractivity contribution in [3.8, 4) is 5.75 Å². The summed E-state index contributed by atoms with van der Waals surface area (Å²) in [5, 5.41) is 13.0. The van der Waals surface area contributed by atoms with Gasteiger partial charge in [0.25, 0.3) is 0 Å². The molecular weight excluding hydrogens is 294 g/mol. The van der Waals surface area contributed by atoms with Crippen LogP contribution in [0.3, 0.4) is 0 Å². The molecular formula is C15H12F2N2OS. The first kappa shape index (κ1) is 13.9. The number of thiazole rings is 1. The predicted molar refractivity (Wildman–Crippen MR) is 78.2 cm³/mol. The Labute approximate surface area is 123 Å². The average Bonchev–Trinajstić information content (AvgIpc) is 2.87. The van der Waals surface area contributed by atoms with Crippen LogP contribution in [0.1, 0.15) is 10.6 Å². The smallest absolute Gasteiger partial charge is 0.187 e. The number of aromatic hydroxyl groups is 1. The molecule has 0 saturated carbocycles. The molecule has 0 aliphatic rings. The van der Waals surface area contributed by atoms with Crippen molar-refractivity contribution in [2.75, 3.05) is 0 Å². The highest BCUT2D eigenvalue weighted by molar-refractivity contribution is 7.18. The molecule has 6 heteroatoms. The molecule has 0 bridgehead atoms. The molecule has 0 fully saturated rings. The minimum absolute atomic E-state index is 0.296. The molecule has 3 rings (SSSR count). The van der Waals surface area contributed by atoms with Crippen LogP contribution in [0.5, 0.6) is 5.75 Å². The highest BCUT2D eigenvalue weighted by Gasteiger charge is 2.09. The first-order valence-corrected chi connectivity index (χ1v) is 7.17. The van der Waals surface area contributed by atoms with Gasteiger partial charge in [0.2, 0.25) is 0 Å². The van der Waals surface area contributed by atoms with Crippen molar-refractivity contribution in [2.24, 2.45) is 0 Å². The third-order valence-electron chi connectivity index (χ3n) is 3.02. The minimum Gasteiger partial charge on any atom is -0.503 e. The molecule has 0 radical (unpaired) electrons. The van der Waals surface area contributed by atoms with Gasteiger partial charge >= 0.3 is 0 Å². The molecule has 0 aliphatic heterocycles. The Balaban J connectivity index is 1.66. The largest absolute Gasteiger partial charge is 0.503 e. The predicted octanol–water partition coefficient (Wildman–Crippen LogP) is 3.57. The number of phenols is 1. The van der Waals surface area contributed by atoms with Gasteiger partial charge in [-0.2, -0.15) is 0 Å². The summed E-state index contributed by atoms with van der Waals surface area (Å²) in [6, 6.07) is 10.1. The zero-order valence-corrected chi connectivity index (χ0v) is 11.8. The zero-order chi connectivity index (χ0) is 14.8. The van der Waals surface area contributed by atoms with Crippen molar-refractivity contribution in [1.29, 1.82) is 0 Å². The topological polar surface area (TPSA) is 45.1 Å². The van der Waals surface area contributed by atoms with E-state index < -0.39 is 17.4 Å². The van der Waals surface area contributed by atoms with Crippen molar-refractivity contribution < 1.29 is 13.9 Å². The van der Waals surface area contributed by atoms with Crippen LogP contribution >= 0.6 is 11.3 Å². The lowest BCUT2D eigenvalue weighted by atomic mass is 10.2. The van der Waals surface area contributed by atoms with Crippen molar-refractivity contribution in [3.63, 3.8) is 0 Å². The molecule has 0 aliphatic carbocycles. The van der Waals surface area contributed by atoms with Crippen LogP contribution in [0.15, 0.2) is 36.4 Å². The molecule has 2 aromatic carbocycles. The van der Waals surface area contributed by atoms with Gasteiger partial charge in [0.1, 0.15) is 5.01 Å². The second-order valence-corrected chi connectivity index (χ2v) is 5.70. The summed E-state index contributed by atoms with van der Waals surface area (Å²) < 4.78 is 27.5. The number of aromatic nitrogens is 1. The fraction of sp³-hybridized carbons (Fsp3) is 0.133. The molecule has 3 nitrogen and oxygen atoms in total. The minimum atomic E-state index is -0.952. The number of phenolic OH excluding ortho intramolecular Hbond substituents is 1. The van der Waals surface area contributed by atoms with Gasteiger partial charge in [-0.3, -0.25) is 0 Å². The zero-order valence-electron chi connectivity index (χ0n) is 10.9. The van der Waals surface area contributed by atoms with E-state index in [1.165, 1.54) is 0 Å².